The number of fused-ring (bicyclic) bond motifs is 10. The van der Waals surface area contributed by atoms with Gasteiger partial charge in [-0.05, 0) is 82.0 Å². The van der Waals surface area contributed by atoms with E-state index in [-0.39, 0.29) is 57.8 Å². The molecule has 0 radical (unpaired) electrons. The fourth-order valence-corrected chi connectivity index (χ4v) is 10.9. The van der Waals surface area contributed by atoms with Crippen LogP contribution in [-0.2, 0) is 0 Å². The second-order valence-electron chi connectivity index (χ2n) is 16.6. The molecule has 0 aliphatic heterocycles. The lowest BCUT2D eigenvalue weighted by Gasteiger charge is -2.15. The Kier molecular flexibility index (Phi) is 6.95. The van der Waals surface area contributed by atoms with Crippen LogP contribution in [0.1, 0.15) is 9.60 Å². The molecular formula is C61H36N4OS. The molecule has 67 heavy (non-hydrogen) atoms. The number of rotatable bonds is 6. The fourth-order valence-electron chi connectivity index (χ4n) is 9.64. The maximum absolute atomic E-state index is 9.21. The number of hydrogen-bond acceptors (Lipinski definition) is 5. The number of furan rings is 1. The molecule has 6 heteroatoms. The molecule has 0 aliphatic rings. The van der Waals surface area contributed by atoms with Crippen molar-refractivity contribution < 1.29 is 14.0 Å². The molecule has 5 nitrogen and oxygen atoms in total. The van der Waals surface area contributed by atoms with Crippen molar-refractivity contribution in [1.29, 1.82) is 0 Å². The van der Waals surface area contributed by atoms with Crippen molar-refractivity contribution in [2.75, 3.05) is 0 Å². The van der Waals surface area contributed by atoms with Gasteiger partial charge in [0.2, 0.25) is 0 Å². The zero-order valence-electron chi connectivity index (χ0n) is 42.3. The Bertz CT molecular complexity index is 4730. The molecule has 0 saturated heterocycles. The van der Waals surface area contributed by atoms with Gasteiger partial charge in [-0.15, -0.1) is 11.3 Å². The molecule has 0 atom stereocenters. The SMILES string of the molecule is [2H]c1cc([2H])c2c(c1[2H])c1c([2H])c([2H])c([2H])c([2H])c1n2-c1ccccc1-c1nc(-c2cccc(-c3cccc4c3sc3ccc(-c5cccc6c5oc5ccccc56)cc34)c2)nc(-c2ccc3ccccc3c2)n1. The zero-order chi connectivity index (χ0) is 50.1. The Labute approximate surface area is 398 Å². The Hall–Kier alpha value is -8.71. The first-order valence-corrected chi connectivity index (χ1v) is 22.7. The average molecular weight is 880 g/mol. The summed E-state index contributed by atoms with van der Waals surface area (Å²) in [5, 5.41) is 6.71. The van der Waals surface area contributed by atoms with E-state index in [2.05, 4.69) is 84.9 Å². The summed E-state index contributed by atoms with van der Waals surface area (Å²) in [6.45, 7) is 0. The average Bonchev–Trinajstić information content (AvgIpc) is 4.14. The van der Waals surface area contributed by atoms with E-state index < -0.39 is 12.1 Å². The minimum absolute atomic E-state index is 0.0628. The normalized spacial score (nSPS) is 13.3. The summed E-state index contributed by atoms with van der Waals surface area (Å²) >= 11 is 1.75. The predicted molar refractivity (Wildman–Crippen MR) is 279 cm³/mol. The highest BCUT2D eigenvalue weighted by molar-refractivity contribution is 7.26. The largest absolute Gasteiger partial charge is 0.455 e. The van der Waals surface area contributed by atoms with Gasteiger partial charge in [0.1, 0.15) is 11.2 Å². The van der Waals surface area contributed by atoms with Crippen molar-refractivity contribution in [1.82, 2.24) is 19.5 Å². The molecule has 10 aromatic carbocycles. The summed E-state index contributed by atoms with van der Waals surface area (Å²) in [4.78, 5) is 15.6. The molecule has 0 aliphatic carbocycles. The van der Waals surface area contributed by atoms with Gasteiger partial charge in [0.25, 0.3) is 0 Å². The van der Waals surface area contributed by atoms with Crippen molar-refractivity contribution in [2.24, 2.45) is 0 Å². The van der Waals surface area contributed by atoms with Crippen molar-refractivity contribution in [3.05, 3.63) is 218 Å². The van der Waals surface area contributed by atoms with Crippen LogP contribution in [0.15, 0.2) is 223 Å². The van der Waals surface area contributed by atoms with Crippen LogP contribution in [-0.4, -0.2) is 19.5 Å². The lowest BCUT2D eigenvalue weighted by molar-refractivity contribution is 0.670. The van der Waals surface area contributed by atoms with Crippen molar-refractivity contribution in [3.8, 4) is 62.1 Å². The Morgan fingerprint density at radius 1 is 0.418 bits per heavy atom. The van der Waals surface area contributed by atoms with Crippen molar-refractivity contribution in [3.63, 3.8) is 0 Å². The first kappa shape index (κ1) is 31.2. The summed E-state index contributed by atoms with van der Waals surface area (Å²) < 4.78 is 72.7. The van der Waals surface area contributed by atoms with Gasteiger partial charge >= 0.3 is 0 Å². The van der Waals surface area contributed by atoms with Crippen LogP contribution >= 0.6 is 11.3 Å². The molecule has 0 amide bonds. The van der Waals surface area contributed by atoms with E-state index in [4.69, 9.17) is 26.2 Å². The third-order valence-corrected chi connectivity index (χ3v) is 14.0. The lowest BCUT2D eigenvalue weighted by atomic mass is 9.98. The predicted octanol–water partition coefficient (Wildman–Crippen LogP) is 16.7. The number of para-hydroxylation sites is 5. The quantitative estimate of drug-likeness (QED) is 0.167. The minimum atomic E-state index is -0.466. The monoisotopic (exact) mass is 879 g/mol. The number of nitrogens with zero attached hydrogens (tertiary/aromatic N) is 4. The molecular weight excluding hydrogens is 837 g/mol. The van der Waals surface area contributed by atoms with Crippen LogP contribution in [0.25, 0.3) is 137 Å². The molecule has 0 N–H and O–H groups in total. The first-order valence-electron chi connectivity index (χ1n) is 25.4. The number of hydrogen-bond donors (Lipinski definition) is 0. The first-order chi connectivity index (χ1) is 36.1. The van der Waals surface area contributed by atoms with E-state index >= 15 is 0 Å². The van der Waals surface area contributed by atoms with Crippen molar-refractivity contribution in [2.45, 2.75) is 0 Å². The maximum Gasteiger partial charge on any atom is 0.166 e. The van der Waals surface area contributed by atoms with Gasteiger partial charge < -0.3 is 8.98 Å². The van der Waals surface area contributed by atoms with E-state index in [1.807, 2.05) is 72.8 Å². The second-order valence-corrected chi connectivity index (χ2v) is 17.6. The van der Waals surface area contributed by atoms with Crippen LogP contribution < -0.4 is 0 Å². The van der Waals surface area contributed by atoms with Gasteiger partial charge in [-0.1, -0.05) is 164 Å². The molecule has 0 fully saturated rings. The summed E-state index contributed by atoms with van der Waals surface area (Å²) in [5.41, 5.74) is 8.57. The molecule has 312 valence electrons. The van der Waals surface area contributed by atoms with Gasteiger partial charge in [-0.2, -0.15) is 0 Å². The topological polar surface area (TPSA) is 56.7 Å². The van der Waals surface area contributed by atoms with Crippen LogP contribution in [0, 0.1) is 0 Å². The van der Waals surface area contributed by atoms with Gasteiger partial charge in [0, 0.05) is 64.0 Å². The number of thiophene rings is 1. The fraction of sp³-hybridized carbons (Fsp3) is 0. The van der Waals surface area contributed by atoms with Gasteiger partial charge in [0.15, 0.2) is 17.5 Å². The summed E-state index contributed by atoms with van der Waals surface area (Å²) in [6, 6.07) is 56.3. The Balaban J connectivity index is 0.949. The van der Waals surface area contributed by atoms with E-state index in [9.17, 15) is 2.74 Å². The van der Waals surface area contributed by atoms with Crippen LogP contribution in [0.3, 0.4) is 0 Å². The lowest BCUT2D eigenvalue weighted by Crippen LogP contribution is -2.03. The van der Waals surface area contributed by atoms with E-state index in [0.717, 1.165) is 81.6 Å². The van der Waals surface area contributed by atoms with Crippen LogP contribution in [0.4, 0.5) is 0 Å². The molecule has 14 aromatic rings. The molecule has 4 heterocycles. The van der Waals surface area contributed by atoms with Gasteiger partial charge in [-0.3, -0.25) is 0 Å². The molecule has 4 aromatic heterocycles. The third-order valence-electron chi connectivity index (χ3n) is 12.8. The molecule has 0 bridgehead atoms. The van der Waals surface area contributed by atoms with Crippen molar-refractivity contribution >= 4 is 86.0 Å². The van der Waals surface area contributed by atoms with E-state index in [0.29, 0.717) is 22.9 Å². The summed E-state index contributed by atoms with van der Waals surface area (Å²) in [6.07, 6.45) is 0. The Morgan fingerprint density at radius 2 is 1.07 bits per heavy atom. The highest BCUT2D eigenvalue weighted by atomic mass is 32.1. The Morgan fingerprint density at radius 3 is 2.00 bits per heavy atom. The molecule has 0 unspecified atom stereocenters. The maximum atomic E-state index is 9.21. The standard InChI is InChI=1S/C61H36N4OS/c1-2-15-38-34-42(31-30-37(38)14-1)60-62-59(63-61(64-60)50-21-5-9-28-54(50)65-52-26-7-3-18-45(52)46-19-4-8-27-53(46)65)41-17-11-16-39(35-41)44-23-13-25-49-51-36-40(32-33-56(51)67-58(44)49)43-22-12-24-48-47-20-6-10-29-55(47)66-57(43)48/h1-36H/i3D,4D,7D,18D,19D,26D,27D. The van der Waals surface area contributed by atoms with Crippen LogP contribution in [0.5, 0.6) is 0 Å². The zero-order valence-corrected chi connectivity index (χ0v) is 36.2. The number of aromatic nitrogens is 4. The minimum Gasteiger partial charge on any atom is -0.455 e. The molecule has 14 rings (SSSR count). The van der Waals surface area contributed by atoms with Gasteiger partial charge in [-0.25, -0.2) is 15.0 Å². The molecule has 0 spiro atoms. The highest BCUT2D eigenvalue weighted by Crippen LogP contribution is 2.44. The molecule has 0 saturated carbocycles. The third kappa shape index (κ3) is 6.04. The smallest absolute Gasteiger partial charge is 0.166 e. The summed E-state index contributed by atoms with van der Waals surface area (Å²) in [7, 11) is 0. The van der Waals surface area contributed by atoms with E-state index in [1.165, 1.54) is 10.8 Å². The summed E-state index contributed by atoms with van der Waals surface area (Å²) in [5.74, 6) is 1.10. The van der Waals surface area contributed by atoms with Gasteiger partial charge in [0.05, 0.1) is 26.3 Å². The number of benzene rings is 10. The highest BCUT2D eigenvalue weighted by Gasteiger charge is 2.21. The van der Waals surface area contributed by atoms with Crippen LogP contribution in [0.2, 0.25) is 0 Å². The second kappa shape index (κ2) is 14.9. The van der Waals surface area contributed by atoms with E-state index in [1.54, 1.807) is 28.0 Å².